The Labute approximate surface area is 99.2 Å². The van der Waals surface area contributed by atoms with Crippen molar-refractivity contribution in [3.8, 4) is 0 Å². The maximum absolute atomic E-state index is 11.9. The molecule has 2 rings (SSSR count). The molecular formula is C14H25NO. The van der Waals surface area contributed by atoms with Crippen molar-refractivity contribution in [2.75, 3.05) is 0 Å². The Hall–Kier alpha value is -0.530. The van der Waals surface area contributed by atoms with Crippen LogP contribution in [0.25, 0.3) is 0 Å². The average Bonchev–Trinajstić information content (AvgIpc) is 2.76. The van der Waals surface area contributed by atoms with E-state index < -0.39 is 0 Å². The van der Waals surface area contributed by atoms with E-state index in [1.807, 2.05) is 0 Å². The van der Waals surface area contributed by atoms with Crippen LogP contribution in [-0.4, -0.2) is 11.9 Å². The lowest BCUT2D eigenvalue weighted by Crippen LogP contribution is -2.34. The lowest BCUT2D eigenvalue weighted by atomic mass is 9.92. The van der Waals surface area contributed by atoms with Gasteiger partial charge < -0.3 is 5.32 Å². The molecule has 0 saturated heterocycles. The van der Waals surface area contributed by atoms with Crippen LogP contribution in [0, 0.1) is 11.3 Å². The summed E-state index contributed by atoms with van der Waals surface area (Å²) in [5.74, 6) is 0.976. The molecular weight excluding hydrogens is 198 g/mol. The van der Waals surface area contributed by atoms with E-state index in [2.05, 4.69) is 19.2 Å². The second kappa shape index (κ2) is 4.77. The van der Waals surface area contributed by atoms with E-state index >= 15 is 0 Å². The van der Waals surface area contributed by atoms with Gasteiger partial charge in [-0.05, 0) is 43.4 Å². The molecule has 2 fully saturated rings. The molecule has 2 aliphatic carbocycles. The van der Waals surface area contributed by atoms with E-state index in [4.69, 9.17) is 0 Å². The van der Waals surface area contributed by atoms with Crippen molar-refractivity contribution < 1.29 is 4.79 Å². The summed E-state index contributed by atoms with van der Waals surface area (Å²) >= 11 is 0. The normalized spacial score (nSPS) is 29.5. The molecule has 2 nitrogen and oxygen atoms in total. The number of nitrogens with one attached hydrogen (secondary N) is 1. The van der Waals surface area contributed by atoms with Gasteiger partial charge in [-0.2, -0.15) is 0 Å². The molecule has 0 aromatic rings. The minimum absolute atomic E-state index is 0.301. The standard InChI is InChI=1S/C14H25NO/c1-14(2)8-7-12(10-14)15-13(16)9-11-5-3-4-6-11/h11-12H,3-10H2,1-2H3,(H,15,16). The lowest BCUT2D eigenvalue weighted by molar-refractivity contribution is -0.122. The van der Waals surface area contributed by atoms with E-state index in [9.17, 15) is 4.79 Å². The zero-order valence-corrected chi connectivity index (χ0v) is 10.7. The molecule has 0 spiro atoms. The molecule has 1 atom stereocenters. The van der Waals surface area contributed by atoms with Gasteiger partial charge in [0.25, 0.3) is 0 Å². The first kappa shape index (κ1) is 11.9. The number of rotatable bonds is 3. The van der Waals surface area contributed by atoms with Gasteiger partial charge in [-0.3, -0.25) is 4.79 Å². The monoisotopic (exact) mass is 223 g/mol. The Kier molecular flexibility index (Phi) is 3.56. The highest BCUT2D eigenvalue weighted by molar-refractivity contribution is 5.76. The van der Waals surface area contributed by atoms with E-state index in [-0.39, 0.29) is 0 Å². The van der Waals surface area contributed by atoms with Crippen LogP contribution < -0.4 is 5.32 Å². The molecule has 1 unspecified atom stereocenters. The highest BCUT2D eigenvalue weighted by Gasteiger charge is 2.32. The van der Waals surface area contributed by atoms with Crippen LogP contribution in [0.15, 0.2) is 0 Å². The third-order valence-corrected chi connectivity index (χ3v) is 4.28. The van der Waals surface area contributed by atoms with E-state index in [1.54, 1.807) is 0 Å². The number of hydrogen-bond acceptors (Lipinski definition) is 1. The van der Waals surface area contributed by atoms with Gasteiger partial charge in [-0.1, -0.05) is 26.7 Å². The molecule has 0 aliphatic heterocycles. The third kappa shape index (κ3) is 3.23. The first-order valence-corrected chi connectivity index (χ1v) is 6.84. The quantitative estimate of drug-likeness (QED) is 0.781. The fourth-order valence-corrected chi connectivity index (χ4v) is 3.32. The van der Waals surface area contributed by atoms with E-state index in [0.717, 1.165) is 12.8 Å². The van der Waals surface area contributed by atoms with Crippen molar-refractivity contribution in [1.29, 1.82) is 0 Å². The Morgan fingerprint density at radius 2 is 1.94 bits per heavy atom. The Balaban J connectivity index is 1.71. The number of carbonyl (C=O) groups excluding carboxylic acids is 1. The minimum atomic E-state index is 0.301. The predicted molar refractivity (Wildman–Crippen MR) is 66.1 cm³/mol. The van der Waals surface area contributed by atoms with E-state index in [0.29, 0.717) is 23.3 Å². The minimum Gasteiger partial charge on any atom is -0.353 e. The zero-order valence-electron chi connectivity index (χ0n) is 10.7. The molecule has 92 valence electrons. The molecule has 1 amide bonds. The summed E-state index contributed by atoms with van der Waals surface area (Å²) in [5, 5.41) is 3.22. The van der Waals surface area contributed by atoms with Crippen molar-refractivity contribution in [1.82, 2.24) is 5.32 Å². The average molecular weight is 223 g/mol. The number of hydrogen-bond donors (Lipinski definition) is 1. The van der Waals surface area contributed by atoms with Gasteiger partial charge in [0.2, 0.25) is 5.91 Å². The number of carbonyl (C=O) groups is 1. The topological polar surface area (TPSA) is 29.1 Å². The van der Waals surface area contributed by atoms with Crippen LogP contribution in [-0.2, 0) is 4.79 Å². The molecule has 0 aromatic heterocycles. The van der Waals surface area contributed by atoms with Gasteiger partial charge in [-0.25, -0.2) is 0 Å². The molecule has 0 bridgehead atoms. The fourth-order valence-electron chi connectivity index (χ4n) is 3.32. The maximum Gasteiger partial charge on any atom is 0.220 e. The van der Waals surface area contributed by atoms with Crippen molar-refractivity contribution in [2.24, 2.45) is 11.3 Å². The van der Waals surface area contributed by atoms with Crippen molar-refractivity contribution >= 4 is 5.91 Å². The molecule has 1 N–H and O–H groups in total. The van der Waals surface area contributed by atoms with Gasteiger partial charge in [0.05, 0.1) is 0 Å². The summed E-state index contributed by atoms with van der Waals surface area (Å²) in [6, 6.07) is 0.448. The van der Waals surface area contributed by atoms with Crippen LogP contribution >= 0.6 is 0 Å². The van der Waals surface area contributed by atoms with E-state index in [1.165, 1.54) is 38.5 Å². The highest BCUT2D eigenvalue weighted by atomic mass is 16.1. The Bertz CT molecular complexity index is 253. The Morgan fingerprint density at radius 1 is 1.25 bits per heavy atom. The zero-order chi connectivity index (χ0) is 11.6. The van der Waals surface area contributed by atoms with Gasteiger partial charge in [0.1, 0.15) is 0 Å². The lowest BCUT2D eigenvalue weighted by Gasteiger charge is -2.18. The number of amides is 1. The second-order valence-corrected chi connectivity index (χ2v) is 6.53. The molecule has 16 heavy (non-hydrogen) atoms. The summed E-state index contributed by atoms with van der Waals surface area (Å²) in [6.45, 7) is 4.60. The SMILES string of the molecule is CC1(C)CCC(NC(=O)CC2CCCC2)C1. The summed E-state index contributed by atoms with van der Waals surface area (Å²) in [4.78, 5) is 11.9. The van der Waals surface area contributed by atoms with Crippen LogP contribution in [0.2, 0.25) is 0 Å². The van der Waals surface area contributed by atoms with Crippen molar-refractivity contribution in [2.45, 2.75) is 71.3 Å². The smallest absolute Gasteiger partial charge is 0.220 e. The van der Waals surface area contributed by atoms with Crippen molar-refractivity contribution in [3.63, 3.8) is 0 Å². The molecule has 2 heteroatoms. The Morgan fingerprint density at radius 3 is 2.50 bits per heavy atom. The van der Waals surface area contributed by atoms with Gasteiger partial charge >= 0.3 is 0 Å². The van der Waals surface area contributed by atoms with Crippen LogP contribution in [0.1, 0.15) is 65.2 Å². The first-order valence-electron chi connectivity index (χ1n) is 6.84. The molecule has 2 saturated carbocycles. The first-order chi connectivity index (χ1) is 7.55. The molecule has 0 radical (unpaired) electrons. The predicted octanol–water partition coefficient (Wildman–Crippen LogP) is 3.26. The maximum atomic E-state index is 11.9. The van der Waals surface area contributed by atoms with Crippen LogP contribution in [0.4, 0.5) is 0 Å². The summed E-state index contributed by atoms with van der Waals surface area (Å²) in [7, 11) is 0. The fraction of sp³-hybridized carbons (Fsp3) is 0.929. The molecule has 0 heterocycles. The van der Waals surface area contributed by atoms with Crippen LogP contribution in [0.5, 0.6) is 0 Å². The molecule has 2 aliphatic rings. The summed E-state index contributed by atoms with van der Waals surface area (Å²) < 4.78 is 0. The second-order valence-electron chi connectivity index (χ2n) is 6.53. The molecule has 0 aromatic carbocycles. The van der Waals surface area contributed by atoms with Crippen molar-refractivity contribution in [3.05, 3.63) is 0 Å². The van der Waals surface area contributed by atoms with Gasteiger partial charge in [0, 0.05) is 12.5 Å². The summed E-state index contributed by atoms with van der Waals surface area (Å²) in [5.41, 5.74) is 0.436. The summed E-state index contributed by atoms with van der Waals surface area (Å²) in [6.07, 6.45) is 9.54. The highest BCUT2D eigenvalue weighted by Crippen LogP contribution is 2.37. The largest absolute Gasteiger partial charge is 0.353 e. The third-order valence-electron chi connectivity index (χ3n) is 4.28. The van der Waals surface area contributed by atoms with Gasteiger partial charge in [-0.15, -0.1) is 0 Å². The van der Waals surface area contributed by atoms with Gasteiger partial charge in [0.15, 0.2) is 0 Å². The van der Waals surface area contributed by atoms with Crippen LogP contribution in [0.3, 0.4) is 0 Å².